The number of aryl methyl sites for hydroxylation is 1. The van der Waals surface area contributed by atoms with E-state index in [4.69, 9.17) is 27.9 Å². The average molecular weight is 381 g/mol. The molecule has 1 amide bonds. The van der Waals surface area contributed by atoms with Crippen molar-refractivity contribution in [3.8, 4) is 11.8 Å². The minimum absolute atomic E-state index is 0.241. The monoisotopic (exact) mass is 380 g/mol. The van der Waals surface area contributed by atoms with Gasteiger partial charge in [0.1, 0.15) is 16.8 Å². The molecule has 0 saturated carbocycles. The maximum absolute atomic E-state index is 12.7. The van der Waals surface area contributed by atoms with Gasteiger partial charge in [0.25, 0.3) is 5.91 Å². The van der Waals surface area contributed by atoms with Gasteiger partial charge in [0.05, 0.1) is 23.3 Å². The van der Waals surface area contributed by atoms with Crippen molar-refractivity contribution in [2.24, 2.45) is 0 Å². The summed E-state index contributed by atoms with van der Waals surface area (Å²) in [5, 5.41) is 13.5. The van der Waals surface area contributed by atoms with E-state index in [0.29, 0.717) is 15.6 Å². The number of hydrogen-bond acceptors (Lipinski definition) is 4. The normalized spacial score (nSPS) is 13.1. The van der Waals surface area contributed by atoms with Gasteiger partial charge in [-0.3, -0.25) is 4.79 Å². The third-order valence-corrected chi connectivity index (χ3v) is 5.67. The molecular formula is C17H14Cl2N2O2S. The molecule has 2 aromatic rings. The molecule has 1 heterocycles. The molecule has 0 saturated heterocycles. The first-order valence-electron chi connectivity index (χ1n) is 7.44. The number of carbonyl (C=O) groups excluding carboxylic acids is 1. The molecule has 1 aliphatic carbocycles. The first-order valence-corrected chi connectivity index (χ1v) is 9.01. The molecule has 24 heavy (non-hydrogen) atoms. The Morgan fingerprint density at radius 1 is 1.33 bits per heavy atom. The van der Waals surface area contributed by atoms with Gasteiger partial charge in [0, 0.05) is 9.90 Å². The number of rotatable bonds is 3. The SMILES string of the molecule is COc1c(Cl)cc(Cl)cc1C(=O)Nc1sc2c(c1C#N)CCCC2. The molecule has 0 radical (unpaired) electrons. The van der Waals surface area contributed by atoms with Gasteiger partial charge in [0.15, 0.2) is 0 Å². The molecule has 124 valence electrons. The Kier molecular flexibility index (Phi) is 5.00. The van der Waals surface area contributed by atoms with Gasteiger partial charge in [-0.1, -0.05) is 23.2 Å². The first kappa shape index (κ1) is 17.1. The lowest BCUT2D eigenvalue weighted by molar-refractivity contribution is 0.102. The number of hydrogen-bond donors (Lipinski definition) is 1. The van der Waals surface area contributed by atoms with E-state index in [1.807, 2.05) is 0 Å². The van der Waals surface area contributed by atoms with Crippen molar-refractivity contribution in [2.45, 2.75) is 25.7 Å². The van der Waals surface area contributed by atoms with Gasteiger partial charge in [-0.25, -0.2) is 0 Å². The predicted octanol–water partition coefficient (Wildman–Crippen LogP) is 5.07. The molecule has 0 bridgehead atoms. The molecule has 0 unspecified atom stereocenters. The molecule has 3 rings (SSSR count). The number of nitrogens with zero attached hydrogens (tertiary/aromatic N) is 1. The Morgan fingerprint density at radius 2 is 2.08 bits per heavy atom. The Hall–Kier alpha value is -1.74. The molecule has 0 atom stereocenters. The Balaban J connectivity index is 1.97. The Morgan fingerprint density at radius 3 is 2.79 bits per heavy atom. The van der Waals surface area contributed by atoms with Gasteiger partial charge < -0.3 is 10.1 Å². The summed E-state index contributed by atoms with van der Waals surface area (Å²) < 4.78 is 5.21. The van der Waals surface area contributed by atoms with E-state index in [9.17, 15) is 10.1 Å². The first-order chi connectivity index (χ1) is 11.5. The zero-order chi connectivity index (χ0) is 17.3. The van der Waals surface area contributed by atoms with E-state index in [2.05, 4.69) is 11.4 Å². The zero-order valence-electron chi connectivity index (χ0n) is 12.9. The number of thiophene rings is 1. The smallest absolute Gasteiger partial charge is 0.260 e. The fourth-order valence-corrected chi connectivity index (χ4v) is 4.68. The summed E-state index contributed by atoms with van der Waals surface area (Å²) in [6.07, 6.45) is 4.03. The van der Waals surface area contributed by atoms with Crippen LogP contribution in [0.4, 0.5) is 5.00 Å². The summed E-state index contributed by atoms with van der Waals surface area (Å²) in [4.78, 5) is 13.9. The quantitative estimate of drug-likeness (QED) is 0.808. The van der Waals surface area contributed by atoms with Crippen LogP contribution in [0.2, 0.25) is 10.0 Å². The predicted molar refractivity (Wildman–Crippen MR) is 96.6 cm³/mol. The van der Waals surface area contributed by atoms with E-state index in [0.717, 1.165) is 31.2 Å². The lowest BCUT2D eigenvalue weighted by Gasteiger charge is -2.11. The van der Waals surface area contributed by atoms with Crippen LogP contribution in [0.25, 0.3) is 0 Å². The number of ether oxygens (including phenoxy) is 1. The highest BCUT2D eigenvalue weighted by molar-refractivity contribution is 7.16. The second-order valence-electron chi connectivity index (χ2n) is 5.45. The standard InChI is InChI=1S/C17H14Cl2N2O2S/c1-23-15-11(6-9(18)7-13(15)19)16(22)21-17-12(8-20)10-4-2-3-5-14(10)24-17/h6-7H,2-5H2,1H3,(H,21,22). The van der Waals surface area contributed by atoms with Gasteiger partial charge in [-0.05, 0) is 43.4 Å². The van der Waals surface area contributed by atoms with Crippen LogP contribution in [0.3, 0.4) is 0 Å². The minimum Gasteiger partial charge on any atom is -0.494 e. The van der Waals surface area contributed by atoms with E-state index in [-0.39, 0.29) is 16.3 Å². The summed E-state index contributed by atoms with van der Waals surface area (Å²) in [6, 6.07) is 5.24. The van der Waals surface area contributed by atoms with Crippen LogP contribution in [0.15, 0.2) is 12.1 Å². The largest absolute Gasteiger partial charge is 0.494 e. The summed E-state index contributed by atoms with van der Waals surface area (Å²) in [6.45, 7) is 0. The Labute approximate surface area is 154 Å². The number of amides is 1. The highest BCUT2D eigenvalue weighted by Crippen LogP contribution is 2.39. The number of methoxy groups -OCH3 is 1. The second-order valence-corrected chi connectivity index (χ2v) is 7.40. The van der Waals surface area contributed by atoms with Crippen LogP contribution < -0.4 is 10.1 Å². The number of nitriles is 1. The maximum atomic E-state index is 12.7. The van der Waals surface area contributed by atoms with Crippen LogP contribution in [0.1, 0.15) is 39.2 Å². The van der Waals surface area contributed by atoms with Gasteiger partial charge in [-0.2, -0.15) is 5.26 Å². The van der Waals surface area contributed by atoms with Crippen LogP contribution >= 0.6 is 34.5 Å². The molecule has 1 aromatic heterocycles. The van der Waals surface area contributed by atoms with Crippen molar-refractivity contribution in [1.82, 2.24) is 0 Å². The van der Waals surface area contributed by atoms with Crippen LogP contribution in [-0.4, -0.2) is 13.0 Å². The molecular weight excluding hydrogens is 367 g/mol. The minimum atomic E-state index is -0.397. The average Bonchev–Trinajstić information content (AvgIpc) is 2.91. The maximum Gasteiger partial charge on any atom is 0.260 e. The Bertz CT molecular complexity index is 855. The van der Waals surface area contributed by atoms with Crippen molar-refractivity contribution in [2.75, 3.05) is 12.4 Å². The van der Waals surface area contributed by atoms with Crippen molar-refractivity contribution < 1.29 is 9.53 Å². The molecule has 4 nitrogen and oxygen atoms in total. The topological polar surface area (TPSA) is 62.1 Å². The summed E-state index contributed by atoms with van der Waals surface area (Å²) in [5.74, 6) is -0.134. The van der Waals surface area contributed by atoms with E-state index < -0.39 is 5.91 Å². The number of fused-ring (bicyclic) bond motifs is 1. The molecule has 7 heteroatoms. The van der Waals surface area contributed by atoms with Gasteiger partial charge in [0.2, 0.25) is 0 Å². The van der Waals surface area contributed by atoms with E-state index in [1.54, 1.807) is 0 Å². The lowest BCUT2D eigenvalue weighted by atomic mass is 9.96. The number of halogens is 2. The summed E-state index contributed by atoms with van der Waals surface area (Å²) >= 11 is 13.6. The van der Waals surface area contributed by atoms with Crippen LogP contribution in [0.5, 0.6) is 5.75 Å². The van der Waals surface area contributed by atoms with Crippen molar-refractivity contribution >= 4 is 45.4 Å². The molecule has 1 aliphatic rings. The summed E-state index contributed by atoms with van der Waals surface area (Å²) in [7, 11) is 1.44. The van der Waals surface area contributed by atoms with E-state index in [1.165, 1.54) is 35.5 Å². The third kappa shape index (κ3) is 3.10. The number of anilines is 1. The zero-order valence-corrected chi connectivity index (χ0v) is 15.2. The lowest BCUT2D eigenvalue weighted by Crippen LogP contribution is -2.13. The van der Waals surface area contributed by atoms with E-state index >= 15 is 0 Å². The van der Waals surface area contributed by atoms with Crippen LogP contribution in [-0.2, 0) is 12.8 Å². The molecule has 1 N–H and O–H groups in total. The van der Waals surface area contributed by atoms with Crippen molar-refractivity contribution in [3.63, 3.8) is 0 Å². The van der Waals surface area contributed by atoms with Crippen LogP contribution in [0, 0.1) is 11.3 Å². The summed E-state index contributed by atoms with van der Waals surface area (Å²) in [5.41, 5.74) is 1.88. The highest BCUT2D eigenvalue weighted by Gasteiger charge is 2.24. The highest BCUT2D eigenvalue weighted by atomic mass is 35.5. The molecule has 0 fully saturated rings. The van der Waals surface area contributed by atoms with Gasteiger partial charge in [-0.15, -0.1) is 11.3 Å². The van der Waals surface area contributed by atoms with Crippen molar-refractivity contribution in [1.29, 1.82) is 5.26 Å². The second kappa shape index (κ2) is 7.02. The fourth-order valence-electron chi connectivity index (χ4n) is 2.88. The molecule has 0 spiro atoms. The fraction of sp³-hybridized carbons (Fsp3) is 0.294. The molecule has 1 aromatic carbocycles. The van der Waals surface area contributed by atoms with Gasteiger partial charge >= 0.3 is 0 Å². The number of carbonyl (C=O) groups is 1. The molecule has 0 aliphatic heterocycles. The number of benzene rings is 1. The number of nitrogens with one attached hydrogen (secondary N) is 1. The third-order valence-electron chi connectivity index (χ3n) is 3.97. The van der Waals surface area contributed by atoms with Crippen molar-refractivity contribution in [3.05, 3.63) is 43.7 Å².